The molecule has 1 N–H and O–H groups in total. The van der Waals surface area contributed by atoms with E-state index in [0.29, 0.717) is 0 Å². The van der Waals surface area contributed by atoms with Crippen molar-refractivity contribution in [3.8, 4) is 0 Å². The van der Waals surface area contributed by atoms with Gasteiger partial charge in [0.25, 0.3) is 5.97 Å². The van der Waals surface area contributed by atoms with Crippen LogP contribution >= 0.6 is 0 Å². The van der Waals surface area contributed by atoms with Gasteiger partial charge >= 0.3 is 0 Å². The summed E-state index contributed by atoms with van der Waals surface area (Å²) in [6.45, 7) is 18.9. The molecule has 0 spiro atoms. The minimum absolute atomic E-state index is 0.833. The van der Waals surface area contributed by atoms with E-state index in [1.807, 2.05) is 0 Å². The Bertz CT molecular complexity index is 669. The lowest BCUT2D eigenvalue weighted by atomic mass is 10.0. The summed E-state index contributed by atoms with van der Waals surface area (Å²) < 4.78 is 0. The molecule has 0 aromatic carbocycles. The molecular weight excluding hydrogens is 416 g/mol. The highest BCUT2D eigenvalue weighted by molar-refractivity contribution is 5.62. The van der Waals surface area contributed by atoms with E-state index in [2.05, 4.69) is 91.8 Å². The zero-order chi connectivity index (χ0) is 26.4. The van der Waals surface area contributed by atoms with E-state index in [-0.39, 0.29) is 0 Å². The van der Waals surface area contributed by atoms with Crippen LogP contribution in [-0.2, 0) is 4.79 Å². The maximum absolute atomic E-state index is 9.00. The van der Waals surface area contributed by atoms with E-state index in [1.54, 1.807) is 0 Å². The predicted molar refractivity (Wildman–Crippen MR) is 153 cm³/mol. The Hall–Kier alpha value is -2.09. The van der Waals surface area contributed by atoms with Gasteiger partial charge in [-0.25, -0.2) is 0 Å². The molecule has 2 nitrogen and oxygen atoms in total. The van der Waals surface area contributed by atoms with E-state index < -0.39 is 5.97 Å². The van der Waals surface area contributed by atoms with Crippen molar-refractivity contribution in [2.24, 2.45) is 0 Å². The van der Waals surface area contributed by atoms with Gasteiger partial charge in [0.2, 0.25) is 0 Å². The first-order valence-corrected chi connectivity index (χ1v) is 13.0. The molecule has 0 aromatic heterocycles. The Kier molecular flexibility index (Phi) is 22.7. The Morgan fingerprint density at radius 2 is 0.647 bits per heavy atom. The van der Waals surface area contributed by atoms with E-state index >= 15 is 0 Å². The Morgan fingerprint density at radius 3 is 0.882 bits per heavy atom. The fourth-order valence-electron chi connectivity index (χ4n) is 3.34. The highest BCUT2D eigenvalue weighted by Gasteiger charge is 1.94. The molecule has 0 aromatic rings. The van der Waals surface area contributed by atoms with Gasteiger partial charge in [-0.05, 0) is 120 Å². The van der Waals surface area contributed by atoms with E-state index in [4.69, 9.17) is 9.90 Å². The molecule has 0 radical (unpaired) electrons. The lowest BCUT2D eigenvalue weighted by Gasteiger charge is -2.02. The highest BCUT2D eigenvalue weighted by atomic mass is 16.4. The summed E-state index contributed by atoms with van der Waals surface area (Å²) in [6, 6.07) is 0. The van der Waals surface area contributed by atoms with Crippen molar-refractivity contribution < 1.29 is 9.90 Å². The molecule has 0 heterocycles. The van der Waals surface area contributed by atoms with Crippen LogP contribution in [0.15, 0.2) is 69.9 Å². The van der Waals surface area contributed by atoms with Gasteiger partial charge in [0.15, 0.2) is 0 Å². The molecule has 194 valence electrons. The topological polar surface area (TPSA) is 37.3 Å². The molecule has 0 rings (SSSR count). The maximum atomic E-state index is 9.00. The SMILES string of the molecule is CC(=O)O.CC(C)=CCC/C(C)=C/CC/C(C)=C/CC/C=C(\C)CC/C=C(\C)CCC=C(C)C. The van der Waals surface area contributed by atoms with Crippen LogP contribution in [0.25, 0.3) is 0 Å². The van der Waals surface area contributed by atoms with Crippen LogP contribution in [-0.4, -0.2) is 11.1 Å². The molecule has 0 saturated heterocycles. The molecule has 0 aliphatic carbocycles. The molecule has 0 fully saturated rings. The summed E-state index contributed by atoms with van der Waals surface area (Å²) in [6.07, 6.45) is 26.2. The van der Waals surface area contributed by atoms with Gasteiger partial charge in [-0.1, -0.05) is 69.9 Å². The molecule has 2 heteroatoms. The molecule has 0 aliphatic heterocycles. The first kappa shape index (κ1) is 34.1. The fraction of sp³-hybridized carbons (Fsp3) is 0.594. The quantitative estimate of drug-likeness (QED) is 0.191. The summed E-state index contributed by atoms with van der Waals surface area (Å²) in [7, 11) is 0. The molecule has 0 bridgehead atoms. The van der Waals surface area contributed by atoms with Gasteiger partial charge in [0, 0.05) is 6.92 Å². The fourth-order valence-corrected chi connectivity index (χ4v) is 3.34. The van der Waals surface area contributed by atoms with Crippen LogP contribution in [0.5, 0.6) is 0 Å². The Labute approximate surface area is 212 Å². The van der Waals surface area contributed by atoms with Gasteiger partial charge in [-0.2, -0.15) is 0 Å². The number of carboxylic acids is 1. The molecule has 0 amide bonds. The van der Waals surface area contributed by atoms with Crippen LogP contribution in [0.2, 0.25) is 0 Å². The highest BCUT2D eigenvalue weighted by Crippen LogP contribution is 2.14. The van der Waals surface area contributed by atoms with Crippen LogP contribution in [0.1, 0.15) is 127 Å². The second-order valence-electron chi connectivity index (χ2n) is 10.0. The van der Waals surface area contributed by atoms with E-state index in [1.165, 1.54) is 97.6 Å². The maximum Gasteiger partial charge on any atom is 0.300 e. The zero-order valence-corrected chi connectivity index (χ0v) is 23.9. The molecule has 0 saturated carbocycles. The number of hydrogen-bond donors (Lipinski definition) is 1. The minimum atomic E-state index is -0.833. The van der Waals surface area contributed by atoms with Crippen molar-refractivity contribution in [2.75, 3.05) is 0 Å². The Morgan fingerprint density at radius 1 is 0.441 bits per heavy atom. The second-order valence-corrected chi connectivity index (χ2v) is 10.0. The monoisotopic (exact) mass is 470 g/mol. The molecule has 0 aliphatic rings. The lowest BCUT2D eigenvalue weighted by Crippen LogP contribution is -1.82. The molecule has 34 heavy (non-hydrogen) atoms. The first-order chi connectivity index (χ1) is 15.9. The number of unbranched alkanes of at least 4 members (excludes halogenated alkanes) is 1. The van der Waals surface area contributed by atoms with Gasteiger partial charge in [-0.15, -0.1) is 0 Å². The normalized spacial score (nSPS) is 12.6. The summed E-state index contributed by atoms with van der Waals surface area (Å²) >= 11 is 0. The van der Waals surface area contributed by atoms with E-state index in [9.17, 15) is 0 Å². The van der Waals surface area contributed by atoms with Gasteiger partial charge in [-0.3, -0.25) is 4.79 Å². The van der Waals surface area contributed by atoms with Crippen LogP contribution in [0.4, 0.5) is 0 Å². The minimum Gasteiger partial charge on any atom is -0.481 e. The van der Waals surface area contributed by atoms with Crippen molar-refractivity contribution in [1.29, 1.82) is 0 Å². The average Bonchev–Trinajstić information content (AvgIpc) is 2.70. The standard InChI is InChI=1S/C30H50.C2H4O2/c1-25(2)15-11-19-29(7)23-13-21-27(5)17-9-10-18-28(6)22-14-24-30(8)20-12-16-26(3)4;1-2(3)4/h15-18,23-24H,9-14,19-22H2,1-8H3;1H3,(H,3,4)/b27-17+,28-18+,29-23+,30-24+;. The number of allylic oxidation sites excluding steroid dienone is 12. The summed E-state index contributed by atoms with van der Waals surface area (Å²) in [5.74, 6) is -0.833. The van der Waals surface area contributed by atoms with Crippen LogP contribution in [0.3, 0.4) is 0 Å². The van der Waals surface area contributed by atoms with Gasteiger partial charge in [0.05, 0.1) is 0 Å². The van der Waals surface area contributed by atoms with Gasteiger partial charge < -0.3 is 5.11 Å². The third kappa shape index (κ3) is 29.9. The Balaban J connectivity index is 0. The van der Waals surface area contributed by atoms with Crippen LogP contribution in [0, 0.1) is 0 Å². The molecular formula is C32H54O2. The number of rotatable bonds is 15. The van der Waals surface area contributed by atoms with Gasteiger partial charge in [0.1, 0.15) is 0 Å². The van der Waals surface area contributed by atoms with Crippen molar-refractivity contribution in [3.63, 3.8) is 0 Å². The lowest BCUT2D eigenvalue weighted by molar-refractivity contribution is -0.134. The molecule has 0 unspecified atom stereocenters. The summed E-state index contributed by atoms with van der Waals surface area (Å²) in [5, 5.41) is 7.42. The number of aliphatic carboxylic acids is 1. The van der Waals surface area contributed by atoms with Crippen LogP contribution < -0.4 is 0 Å². The van der Waals surface area contributed by atoms with Crippen molar-refractivity contribution in [2.45, 2.75) is 127 Å². The van der Waals surface area contributed by atoms with E-state index in [0.717, 1.165) is 6.92 Å². The number of carboxylic acid groups (broad SMARTS) is 1. The predicted octanol–water partition coefficient (Wildman–Crippen LogP) is 10.7. The third-order valence-corrected chi connectivity index (χ3v) is 5.40. The summed E-state index contributed by atoms with van der Waals surface area (Å²) in [5.41, 5.74) is 8.97. The third-order valence-electron chi connectivity index (χ3n) is 5.40. The second kappa shape index (κ2) is 22.7. The average molecular weight is 471 g/mol. The smallest absolute Gasteiger partial charge is 0.300 e. The zero-order valence-electron chi connectivity index (χ0n) is 23.9. The number of hydrogen-bond acceptors (Lipinski definition) is 1. The summed E-state index contributed by atoms with van der Waals surface area (Å²) in [4.78, 5) is 9.00. The first-order valence-electron chi connectivity index (χ1n) is 13.0. The van der Waals surface area contributed by atoms with Crippen molar-refractivity contribution in [3.05, 3.63) is 69.9 Å². The largest absolute Gasteiger partial charge is 0.481 e. The molecule has 0 atom stereocenters. The number of carbonyl (C=O) groups is 1. The van der Waals surface area contributed by atoms with Crippen molar-refractivity contribution in [1.82, 2.24) is 0 Å². The van der Waals surface area contributed by atoms with Crippen molar-refractivity contribution >= 4 is 5.97 Å².